The van der Waals surface area contributed by atoms with E-state index in [4.69, 9.17) is 0 Å². The number of pyridine rings is 1. The SMILES string of the molecule is Oc1cccc(F)c1-c1nnc(NC2CCC(O)C2)c2ccncc12. The Balaban J connectivity index is 1.82. The normalized spacial score (nSPS) is 20.1. The van der Waals surface area contributed by atoms with Crippen molar-refractivity contribution in [1.29, 1.82) is 0 Å². The molecule has 1 saturated carbocycles. The van der Waals surface area contributed by atoms with Crippen molar-refractivity contribution in [3.05, 3.63) is 42.5 Å². The van der Waals surface area contributed by atoms with Gasteiger partial charge in [0.05, 0.1) is 11.7 Å². The summed E-state index contributed by atoms with van der Waals surface area (Å²) in [5.74, 6) is -0.200. The van der Waals surface area contributed by atoms with Crippen molar-refractivity contribution in [1.82, 2.24) is 15.2 Å². The first-order valence-electron chi connectivity index (χ1n) is 8.16. The van der Waals surface area contributed by atoms with E-state index in [1.165, 1.54) is 18.2 Å². The molecule has 1 aromatic carbocycles. The number of anilines is 1. The molecule has 4 rings (SSSR count). The third-order valence-electron chi connectivity index (χ3n) is 4.56. The van der Waals surface area contributed by atoms with E-state index in [1.807, 2.05) is 0 Å². The first-order valence-corrected chi connectivity index (χ1v) is 8.16. The van der Waals surface area contributed by atoms with Crippen LogP contribution in [0.15, 0.2) is 36.7 Å². The van der Waals surface area contributed by atoms with E-state index in [1.54, 1.807) is 18.5 Å². The lowest BCUT2D eigenvalue weighted by atomic mass is 10.0. The van der Waals surface area contributed by atoms with Gasteiger partial charge >= 0.3 is 0 Å². The fourth-order valence-electron chi connectivity index (χ4n) is 3.32. The molecule has 2 atom stereocenters. The van der Waals surface area contributed by atoms with Crippen molar-refractivity contribution >= 4 is 16.6 Å². The molecule has 1 aliphatic rings. The monoisotopic (exact) mass is 340 g/mol. The van der Waals surface area contributed by atoms with Crippen LogP contribution in [-0.4, -0.2) is 37.5 Å². The molecule has 3 aromatic rings. The van der Waals surface area contributed by atoms with Gasteiger partial charge in [0, 0.05) is 29.2 Å². The summed E-state index contributed by atoms with van der Waals surface area (Å²) in [5, 5.41) is 32.7. The van der Waals surface area contributed by atoms with Crippen LogP contribution in [0.4, 0.5) is 10.2 Å². The number of halogens is 1. The molecular weight excluding hydrogens is 323 g/mol. The van der Waals surface area contributed by atoms with Gasteiger partial charge in [0.1, 0.15) is 17.3 Å². The fourth-order valence-corrected chi connectivity index (χ4v) is 3.32. The minimum atomic E-state index is -0.570. The Morgan fingerprint density at radius 2 is 2.00 bits per heavy atom. The van der Waals surface area contributed by atoms with Crippen molar-refractivity contribution in [3.8, 4) is 17.0 Å². The summed E-state index contributed by atoms with van der Waals surface area (Å²) in [6, 6.07) is 6.01. The van der Waals surface area contributed by atoms with E-state index in [2.05, 4.69) is 20.5 Å². The Bertz CT molecular complexity index is 914. The molecule has 25 heavy (non-hydrogen) atoms. The van der Waals surface area contributed by atoms with Crippen LogP contribution in [0, 0.1) is 5.82 Å². The summed E-state index contributed by atoms with van der Waals surface area (Å²) in [6.45, 7) is 0. The number of hydrogen-bond donors (Lipinski definition) is 3. The minimum Gasteiger partial charge on any atom is -0.507 e. The molecule has 0 radical (unpaired) electrons. The van der Waals surface area contributed by atoms with Gasteiger partial charge < -0.3 is 15.5 Å². The number of aromatic hydroxyl groups is 1. The van der Waals surface area contributed by atoms with Crippen LogP contribution in [0.3, 0.4) is 0 Å². The zero-order valence-corrected chi connectivity index (χ0v) is 13.4. The van der Waals surface area contributed by atoms with Gasteiger partial charge in [0.2, 0.25) is 0 Å². The van der Waals surface area contributed by atoms with Crippen LogP contribution in [0.2, 0.25) is 0 Å². The molecule has 0 spiro atoms. The predicted molar refractivity (Wildman–Crippen MR) is 91.7 cm³/mol. The fraction of sp³-hybridized carbons (Fsp3) is 0.278. The van der Waals surface area contributed by atoms with Gasteiger partial charge in [-0.05, 0) is 37.5 Å². The van der Waals surface area contributed by atoms with Gasteiger partial charge in [0.15, 0.2) is 5.82 Å². The lowest BCUT2D eigenvalue weighted by Crippen LogP contribution is -2.18. The van der Waals surface area contributed by atoms with Gasteiger partial charge in [0.25, 0.3) is 0 Å². The van der Waals surface area contributed by atoms with Crippen molar-refractivity contribution in [2.45, 2.75) is 31.4 Å². The Hall–Kier alpha value is -2.80. The summed E-state index contributed by atoms with van der Waals surface area (Å²) in [7, 11) is 0. The zero-order valence-electron chi connectivity index (χ0n) is 13.4. The molecule has 0 bridgehead atoms. The highest BCUT2D eigenvalue weighted by Gasteiger charge is 2.24. The van der Waals surface area contributed by atoms with Crippen LogP contribution in [0.1, 0.15) is 19.3 Å². The number of aliphatic hydroxyl groups excluding tert-OH is 1. The maximum absolute atomic E-state index is 14.2. The molecule has 0 saturated heterocycles. The van der Waals surface area contributed by atoms with Crippen LogP contribution >= 0.6 is 0 Å². The molecule has 2 unspecified atom stereocenters. The second-order valence-corrected chi connectivity index (χ2v) is 6.26. The molecule has 1 aliphatic carbocycles. The van der Waals surface area contributed by atoms with Gasteiger partial charge in [-0.1, -0.05) is 6.07 Å². The quantitative estimate of drug-likeness (QED) is 0.679. The number of fused-ring (bicyclic) bond motifs is 1. The first-order chi connectivity index (χ1) is 12.1. The van der Waals surface area contributed by atoms with E-state index in [9.17, 15) is 14.6 Å². The highest BCUT2D eigenvalue weighted by atomic mass is 19.1. The number of hydrogen-bond acceptors (Lipinski definition) is 6. The van der Waals surface area contributed by atoms with E-state index in [0.29, 0.717) is 17.6 Å². The number of benzene rings is 1. The number of phenolic OH excluding ortho intramolecular Hbond substituents is 1. The summed E-state index contributed by atoms with van der Waals surface area (Å²) < 4.78 is 14.2. The summed E-state index contributed by atoms with van der Waals surface area (Å²) in [4.78, 5) is 4.10. The second-order valence-electron chi connectivity index (χ2n) is 6.26. The summed E-state index contributed by atoms with van der Waals surface area (Å²) in [6.07, 6.45) is 5.18. The standard InChI is InChI=1S/C18H17FN4O2/c19-14-2-1-3-15(25)16(14)17-13-9-20-7-6-12(13)18(23-22-17)21-10-4-5-11(24)8-10/h1-3,6-7,9-11,24-25H,4-5,8H2,(H,21,23). The Labute approximate surface area is 143 Å². The number of nitrogens with one attached hydrogen (secondary N) is 1. The van der Waals surface area contributed by atoms with E-state index < -0.39 is 5.82 Å². The van der Waals surface area contributed by atoms with Crippen molar-refractivity contribution in [2.24, 2.45) is 0 Å². The highest BCUT2D eigenvalue weighted by Crippen LogP contribution is 2.36. The number of nitrogens with zero attached hydrogens (tertiary/aromatic N) is 3. The van der Waals surface area contributed by atoms with Crippen molar-refractivity contribution < 1.29 is 14.6 Å². The Morgan fingerprint density at radius 1 is 1.12 bits per heavy atom. The number of rotatable bonds is 3. The average molecular weight is 340 g/mol. The third-order valence-corrected chi connectivity index (χ3v) is 4.56. The van der Waals surface area contributed by atoms with Gasteiger partial charge in [-0.25, -0.2) is 4.39 Å². The van der Waals surface area contributed by atoms with Crippen LogP contribution in [0.25, 0.3) is 22.0 Å². The van der Waals surface area contributed by atoms with Crippen LogP contribution in [0.5, 0.6) is 5.75 Å². The van der Waals surface area contributed by atoms with Gasteiger partial charge in [-0.3, -0.25) is 4.98 Å². The largest absolute Gasteiger partial charge is 0.507 e. The first kappa shape index (κ1) is 15.7. The summed E-state index contributed by atoms with van der Waals surface area (Å²) >= 11 is 0. The number of aromatic nitrogens is 3. The maximum Gasteiger partial charge on any atom is 0.156 e. The molecule has 128 valence electrons. The van der Waals surface area contributed by atoms with E-state index in [-0.39, 0.29) is 29.2 Å². The average Bonchev–Trinajstić information content (AvgIpc) is 3.01. The molecule has 3 N–H and O–H groups in total. The molecule has 6 nitrogen and oxygen atoms in total. The minimum absolute atomic E-state index is 0.0100. The molecular formula is C18H17FN4O2. The molecule has 2 heterocycles. The predicted octanol–water partition coefficient (Wildman–Crippen LogP) is 2.86. The molecule has 7 heteroatoms. The molecule has 0 amide bonds. The topological polar surface area (TPSA) is 91.2 Å². The second kappa shape index (κ2) is 6.25. The maximum atomic E-state index is 14.2. The summed E-state index contributed by atoms with van der Waals surface area (Å²) in [5.41, 5.74) is 0.256. The van der Waals surface area contributed by atoms with E-state index in [0.717, 1.165) is 18.2 Å². The Morgan fingerprint density at radius 3 is 2.76 bits per heavy atom. The number of phenols is 1. The molecule has 0 aliphatic heterocycles. The third kappa shape index (κ3) is 2.87. The highest BCUT2D eigenvalue weighted by molar-refractivity contribution is 6.00. The van der Waals surface area contributed by atoms with Crippen molar-refractivity contribution in [3.63, 3.8) is 0 Å². The number of aliphatic hydroxyl groups is 1. The Kier molecular flexibility index (Phi) is 3.93. The smallest absolute Gasteiger partial charge is 0.156 e. The molecule has 2 aromatic heterocycles. The van der Waals surface area contributed by atoms with Crippen molar-refractivity contribution in [2.75, 3.05) is 5.32 Å². The lowest BCUT2D eigenvalue weighted by molar-refractivity contribution is 0.182. The van der Waals surface area contributed by atoms with Crippen LogP contribution in [-0.2, 0) is 0 Å². The van der Waals surface area contributed by atoms with Gasteiger partial charge in [-0.2, -0.15) is 0 Å². The van der Waals surface area contributed by atoms with Crippen LogP contribution < -0.4 is 5.32 Å². The van der Waals surface area contributed by atoms with E-state index >= 15 is 0 Å². The van der Waals surface area contributed by atoms with Gasteiger partial charge in [-0.15, -0.1) is 10.2 Å². The molecule has 1 fully saturated rings. The lowest BCUT2D eigenvalue weighted by Gasteiger charge is -2.15. The zero-order chi connectivity index (χ0) is 17.4.